The summed E-state index contributed by atoms with van der Waals surface area (Å²) in [6.07, 6.45) is 7.67. The van der Waals surface area contributed by atoms with Crippen LogP contribution >= 0.6 is 15.9 Å². The molecule has 1 saturated carbocycles. The van der Waals surface area contributed by atoms with Crippen molar-refractivity contribution >= 4 is 27.9 Å². The number of nitrogens with one attached hydrogen (secondary N) is 1. The lowest BCUT2D eigenvalue weighted by atomic mass is 9.94. The van der Waals surface area contributed by atoms with E-state index >= 15 is 0 Å². The van der Waals surface area contributed by atoms with Crippen LogP contribution in [-0.4, -0.2) is 51.5 Å². The minimum Gasteiger partial charge on any atom is -0.345 e. The Labute approximate surface area is 206 Å². The van der Waals surface area contributed by atoms with Gasteiger partial charge in [-0.05, 0) is 63.4 Å². The highest BCUT2D eigenvalue weighted by molar-refractivity contribution is 9.10. The smallest absolute Gasteiger partial charge is 0.318 e. The van der Waals surface area contributed by atoms with E-state index in [1.54, 1.807) is 4.90 Å². The van der Waals surface area contributed by atoms with Gasteiger partial charge < -0.3 is 19.7 Å². The quantitative estimate of drug-likeness (QED) is 0.484. The second kappa shape index (κ2) is 12.3. The summed E-state index contributed by atoms with van der Waals surface area (Å²) in [6, 6.07) is 12.5. The third kappa shape index (κ3) is 7.10. The van der Waals surface area contributed by atoms with Crippen molar-refractivity contribution in [2.24, 2.45) is 0 Å². The molecule has 1 aromatic carbocycles. The van der Waals surface area contributed by atoms with Gasteiger partial charge in [0.15, 0.2) is 0 Å². The zero-order chi connectivity index (χ0) is 23.8. The number of carbonyl (C=O) groups is 2. The lowest BCUT2D eigenvalue weighted by Gasteiger charge is -2.37. The molecule has 0 spiro atoms. The predicted molar refractivity (Wildman–Crippen MR) is 136 cm³/mol. The number of aromatic nitrogens is 1. The van der Waals surface area contributed by atoms with E-state index in [4.69, 9.17) is 0 Å². The Morgan fingerprint density at radius 2 is 1.82 bits per heavy atom. The standard InChI is InChI=1S/C26H37BrN4O2/c1-4-28-26(33)30(20(2)3)19-25(32)31(23-9-6-5-7-10-23)18-24-11-8-16-29(24)17-21-12-14-22(27)15-13-21/h8,11-16,20,23H,4-7,9-10,17-19H2,1-3H3,(H,28,33). The molecule has 1 aromatic heterocycles. The van der Waals surface area contributed by atoms with E-state index in [2.05, 4.69) is 62.3 Å². The van der Waals surface area contributed by atoms with Crippen LogP contribution in [-0.2, 0) is 17.9 Å². The molecule has 33 heavy (non-hydrogen) atoms. The molecule has 7 heteroatoms. The van der Waals surface area contributed by atoms with Gasteiger partial charge in [0.2, 0.25) is 5.91 Å². The second-order valence-electron chi connectivity index (χ2n) is 9.12. The van der Waals surface area contributed by atoms with Crippen LogP contribution in [0, 0.1) is 0 Å². The first kappa shape index (κ1) is 25.3. The highest BCUT2D eigenvalue weighted by Gasteiger charge is 2.29. The van der Waals surface area contributed by atoms with E-state index < -0.39 is 0 Å². The summed E-state index contributed by atoms with van der Waals surface area (Å²) >= 11 is 3.50. The summed E-state index contributed by atoms with van der Waals surface area (Å²) in [4.78, 5) is 29.8. The maximum Gasteiger partial charge on any atom is 0.318 e. The molecule has 1 aliphatic rings. The van der Waals surface area contributed by atoms with Crippen molar-refractivity contribution in [3.8, 4) is 0 Å². The molecule has 1 aliphatic carbocycles. The molecule has 1 fully saturated rings. The Morgan fingerprint density at radius 3 is 2.45 bits per heavy atom. The molecule has 0 aliphatic heterocycles. The first-order valence-corrected chi connectivity index (χ1v) is 12.9. The zero-order valence-corrected chi connectivity index (χ0v) is 21.7. The number of carbonyl (C=O) groups excluding carboxylic acids is 2. The summed E-state index contributed by atoms with van der Waals surface area (Å²) < 4.78 is 3.28. The minimum absolute atomic E-state index is 0.0262. The van der Waals surface area contributed by atoms with Crippen molar-refractivity contribution in [2.45, 2.75) is 78.0 Å². The monoisotopic (exact) mass is 516 g/mol. The molecule has 6 nitrogen and oxygen atoms in total. The summed E-state index contributed by atoms with van der Waals surface area (Å²) in [5.74, 6) is 0.0262. The van der Waals surface area contributed by atoms with Crippen molar-refractivity contribution in [3.63, 3.8) is 0 Å². The number of urea groups is 1. The Kier molecular flexibility index (Phi) is 9.41. The molecular formula is C26H37BrN4O2. The summed E-state index contributed by atoms with van der Waals surface area (Å²) in [7, 11) is 0. The van der Waals surface area contributed by atoms with Gasteiger partial charge in [0.25, 0.3) is 0 Å². The van der Waals surface area contributed by atoms with Crippen molar-refractivity contribution in [1.82, 2.24) is 19.7 Å². The van der Waals surface area contributed by atoms with Crippen molar-refractivity contribution in [2.75, 3.05) is 13.1 Å². The van der Waals surface area contributed by atoms with E-state index in [0.29, 0.717) is 13.1 Å². The normalized spacial score (nSPS) is 14.3. The van der Waals surface area contributed by atoms with Gasteiger partial charge in [-0.3, -0.25) is 4.79 Å². The first-order chi connectivity index (χ1) is 15.9. The van der Waals surface area contributed by atoms with Crippen LogP contribution in [0.25, 0.3) is 0 Å². The Bertz CT molecular complexity index is 903. The van der Waals surface area contributed by atoms with Crippen LogP contribution in [0.2, 0.25) is 0 Å². The maximum absolute atomic E-state index is 13.6. The van der Waals surface area contributed by atoms with E-state index in [-0.39, 0.29) is 30.6 Å². The largest absolute Gasteiger partial charge is 0.345 e. The van der Waals surface area contributed by atoms with Gasteiger partial charge in [0, 0.05) is 41.5 Å². The van der Waals surface area contributed by atoms with Crippen LogP contribution in [0.3, 0.4) is 0 Å². The lowest BCUT2D eigenvalue weighted by molar-refractivity contribution is -0.136. The molecule has 0 radical (unpaired) electrons. The van der Waals surface area contributed by atoms with Crippen LogP contribution < -0.4 is 5.32 Å². The molecule has 3 amide bonds. The highest BCUT2D eigenvalue weighted by Crippen LogP contribution is 2.25. The fourth-order valence-electron chi connectivity index (χ4n) is 4.50. The molecule has 2 aromatic rings. The number of hydrogen-bond acceptors (Lipinski definition) is 2. The van der Waals surface area contributed by atoms with E-state index in [9.17, 15) is 9.59 Å². The van der Waals surface area contributed by atoms with Crippen molar-refractivity contribution in [1.29, 1.82) is 0 Å². The second-order valence-corrected chi connectivity index (χ2v) is 10.0. The van der Waals surface area contributed by atoms with Gasteiger partial charge >= 0.3 is 6.03 Å². The van der Waals surface area contributed by atoms with Gasteiger partial charge in [-0.1, -0.05) is 47.3 Å². The summed E-state index contributed by atoms with van der Waals surface area (Å²) in [6.45, 7) is 7.78. The average molecular weight is 518 g/mol. The molecule has 0 unspecified atom stereocenters. The molecule has 1 heterocycles. The van der Waals surface area contributed by atoms with Gasteiger partial charge in [0.05, 0.1) is 6.54 Å². The molecule has 1 N–H and O–H groups in total. The Morgan fingerprint density at radius 1 is 1.12 bits per heavy atom. The molecule has 0 bridgehead atoms. The summed E-state index contributed by atoms with van der Waals surface area (Å²) in [5, 5.41) is 2.85. The van der Waals surface area contributed by atoms with Gasteiger partial charge in [0.1, 0.15) is 6.54 Å². The third-order valence-corrected chi connectivity index (χ3v) is 6.90. The Hall–Kier alpha value is -2.28. The zero-order valence-electron chi connectivity index (χ0n) is 20.1. The van der Waals surface area contributed by atoms with Crippen LogP contribution in [0.4, 0.5) is 4.79 Å². The number of rotatable bonds is 9. The summed E-state index contributed by atoms with van der Waals surface area (Å²) in [5.41, 5.74) is 2.33. The molecule has 3 rings (SSSR count). The number of hydrogen-bond donors (Lipinski definition) is 1. The van der Waals surface area contributed by atoms with E-state index in [1.165, 1.54) is 12.0 Å². The number of halogens is 1. The van der Waals surface area contributed by atoms with Gasteiger partial charge in [-0.25, -0.2) is 4.79 Å². The fraction of sp³-hybridized carbons (Fsp3) is 0.538. The number of nitrogens with zero attached hydrogens (tertiary/aromatic N) is 3. The van der Waals surface area contributed by atoms with Crippen LogP contribution in [0.5, 0.6) is 0 Å². The molecular weight excluding hydrogens is 480 g/mol. The average Bonchev–Trinajstić information content (AvgIpc) is 3.24. The van der Waals surface area contributed by atoms with Crippen LogP contribution in [0.1, 0.15) is 64.1 Å². The van der Waals surface area contributed by atoms with Crippen LogP contribution in [0.15, 0.2) is 47.1 Å². The highest BCUT2D eigenvalue weighted by atomic mass is 79.9. The fourth-order valence-corrected chi connectivity index (χ4v) is 4.76. The molecule has 0 saturated heterocycles. The minimum atomic E-state index is -0.178. The molecule has 180 valence electrons. The van der Waals surface area contributed by atoms with Gasteiger partial charge in [-0.15, -0.1) is 0 Å². The van der Waals surface area contributed by atoms with E-state index in [1.807, 2.05) is 31.7 Å². The SMILES string of the molecule is CCNC(=O)N(CC(=O)N(Cc1cccn1Cc1ccc(Br)cc1)C1CCCCC1)C(C)C. The third-order valence-electron chi connectivity index (χ3n) is 6.38. The Balaban J connectivity index is 1.79. The lowest BCUT2D eigenvalue weighted by Crippen LogP contribution is -2.51. The first-order valence-electron chi connectivity index (χ1n) is 12.1. The molecule has 0 atom stereocenters. The topological polar surface area (TPSA) is 57.6 Å². The van der Waals surface area contributed by atoms with Crippen molar-refractivity contribution < 1.29 is 9.59 Å². The van der Waals surface area contributed by atoms with Gasteiger partial charge in [-0.2, -0.15) is 0 Å². The number of benzene rings is 1. The maximum atomic E-state index is 13.6. The van der Waals surface area contributed by atoms with Crippen molar-refractivity contribution in [3.05, 3.63) is 58.3 Å². The number of amides is 3. The predicted octanol–water partition coefficient (Wildman–Crippen LogP) is 5.40. The van der Waals surface area contributed by atoms with E-state index in [0.717, 1.165) is 42.4 Å².